The monoisotopic (exact) mass is 480 g/mol. The van der Waals surface area contributed by atoms with Gasteiger partial charge in [-0.25, -0.2) is 42.5 Å². The van der Waals surface area contributed by atoms with Crippen LogP contribution in [-0.4, -0.2) is 61.4 Å². The lowest BCUT2D eigenvalue weighted by atomic mass is 10.2. The van der Waals surface area contributed by atoms with Crippen LogP contribution in [0.3, 0.4) is 0 Å². The van der Waals surface area contributed by atoms with Crippen LogP contribution in [0.15, 0.2) is 54.6 Å². The van der Waals surface area contributed by atoms with Crippen LogP contribution in [0.4, 0.5) is 0 Å². The van der Waals surface area contributed by atoms with Gasteiger partial charge < -0.3 is 15.3 Å². The van der Waals surface area contributed by atoms with Gasteiger partial charge >= 0.3 is 17.9 Å². The molecule has 7 rings (SSSR count). The van der Waals surface area contributed by atoms with Crippen LogP contribution >= 0.6 is 0 Å². The maximum Gasteiger partial charge on any atom is 0.335 e. The van der Waals surface area contributed by atoms with Gasteiger partial charge in [-0.2, -0.15) is 0 Å². The van der Waals surface area contributed by atoms with Gasteiger partial charge in [-0.15, -0.1) is 0 Å². The molecule has 174 valence electrons. The molecule has 0 saturated heterocycles. The molecular formula is C24H12N6O6. The molecule has 3 N–H and O–H groups in total. The quantitative estimate of drug-likeness (QED) is 0.344. The van der Waals surface area contributed by atoms with Gasteiger partial charge in [0, 0.05) is 0 Å². The zero-order valence-corrected chi connectivity index (χ0v) is 17.9. The van der Waals surface area contributed by atoms with Crippen LogP contribution in [0.1, 0.15) is 31.1 Å². The first-order valence-electron chi connectivity index (χ1n) is 10.6. The van der Waals surface area contributed by atoms with Gasteiger partial charge in [0.1, 0.15) is 0 Å². The van der Waals surface area contributed by atoms with Gasteiger partial charge in [0.2, 0.25) is 17.3 Å². The summed E-state index contributed by atoms with van der Waals surface area (Å²) in [7, 11) is 0. The lowest BCUT2D eigenvalue weighted by Crippen LogP contribution is -2.04. The summed E-state index contributed by atoms with van der Waals surface area (Å²) in [6.07, 6.45) is 0. The highest BCUT2D eigenvalue weighted by Crippen LogP contribution is 2.29. The zero-order valence-electron chi connectivity index (χ0n) is 17.9. The minimum absolute atomic E-state index is 0.0514. The lowest BCUT2D eigenvalue weighted by molar-refractivity contribution is 0.0686. The highest BCUT2D eigenvalue weighted by Gasteiger charge is 2.22. The molecule has 0 aliphatic carbocycles. The first kappa shape index (κ1) is 19.9. The largest absolute Gasteiger partial charge is 0.478 e. The third kappa shape index (κ3) is 2.46. The normalized spacial score (nSPS) is 12.0. The molecule has 0 spiro atoms. The highest BCUT2D eigenvalue weighted by atomic mass is 16.4. The summed E-state index contributed by atoms with van der Waals surface area (Å²) < 4.78 is 5.05. The minimum atomic E-state index is -1.11. The summed E-state index contributed by atoms with van der Waals surface area (Å²) in [5.74, 6) is -2.24. The van der Waals surface area contributed by atoms with Crippen LogP contribution in [0, 0.1) is 0 Å². The van der Waals surface area contributed by atoms with E-state index in [2.05, 4.69) is 4.98 Å². The second-order valence-electron chi connectivity index (χ2n) is 8.27. The molecule has 0 saturated carbocycles. The molecule has 4 aromatic heterocycles. The Kier molecular flexibility index (Phi) is 3.61. The van der Waals surface area contributed by atoms with E-state index in [4.69, 9.17) is 9.97 Å². The molecule has 4 heterocycles. The number of carbonyl (C=O) groups is 3. The molecule has 0 amide bonds. The van der Waals surface area contributed by atoms with E-state index in [9.17, 15) is 29.7 Å². The van der Waals surface area contributed by atoms with Gasteiger partial charge in [-0.05, 0) is 54.6 Å². The van der Waals surface area contributed by atoms with Crippen molar-refractivity contribution in [3.8, 4) is 0 Å². The smallest absolute Gasteiger partial charge is 0.335 e. The summed E-state index contributed by atoms with van der Waals surface area (Å²) in [5, 5.41) is 28.5. The van der Waals surface area contributed by atoms with E-state index in [0.717, 1.165) is 0 Å². The van der Waals surface area contributed by atoms with E-state index < -0.39 is 17.9 Å². The number of aromatic carboxylic acids is 3. The molecule has 0 fully saturated rings. The first-order chi connectivity index (χ1) is 17.3. The van der Waals surface area contributed by atoms with E-state index in [-0.39, 0.29) is 16.7 Å². The number of fused-ring (bicyclic) bond motifs is 12. The Hall–Kier alpha value is -5.52. The number of imidazole rings is 3. The van der Waals surface area contributed by atoms with Crippen molar-refractivity contribution in [2.75, 3.05) is 0 Å². The number of nitrogens with zero attached hydrogens (tertiary/aromatic N) is 6. The minimum Gasteiger partial charge on any atom is -0.478 e. The Bertz CT molecular complexity index is 2150. The van der Waals surface area contributed by atoms with E-state index in [1.165, 1.54) is 36.4 Å². The number of hydrogen-bond donors (Lipinski definition) is 3. The number of hydrogen-bond acceptors (Lipinski definition) is 6. The van der Waals surface area contributed by atoms with Crippen LogP contribution in [0.2, 0.25) is 0 Å². The van der Waals surface area contributed by atoms with Crippen molar-refractivity contribution in [1.82, 2.24) is 28.2 Å². The fourth-order valence-corrected chi connectivity index (χ4v) is 4.63. The first-order valence-corrected chi connectivity index (χ1v) is 10.6. The van der Waals surface area contributed by atoms with Crippen molar-refractivity contribution in [2.24, 2.45) is 0 Å². The zero-order chi connectivity index (χ0) is 24.9. The average Bonchev–Trinajstić information content (AvgIpc) is 3.52. The fraction of sp³-hybridized carbons (Fsp3) is 0. The Balaban J connectivity index is 1.78. The molecule has 0 atom stereocenters. The van der Waals surface area contributed by atoms with E-state index >= 15 is 0 Å². The highest BCUT2D eigenvalue weighted by molar-refractivity contribution is 5.98. The van der Waals surface area contributed by atoms with E-state index in [0.29, 0.717) is 50.4 Å². The fourth-order valence-electron chi connectivity index (χ4n) is 4.63. The summed E-state index contributed by atoms with van der Waals surface area (Å²) >= 11 is 0. The van der Waals surface area contributed by atoms with Gasteiger partial charge in [-0.1, -0.05) is 0 Å². The molecule has 12 nitrogen and oxygen atoms in total. The molecule has 0 bridgehead atoms. The third-order valence-corrected chi connectivity index (χ3v) is 6.25. The maximum atomic E-state index is 11.7. The summed E-state index contributed by atoms with van der Waals surface area (Å²) in [5.41, 5.74) is 3.06. The topological polar surface area (TPSA) is 164 Å². The standard InChI is InChI=1S/C24H12N6O6/c31-19(32)10-3-6-16-15(7-10)27-24-28(16)22-25-13-4-1-11(20(33)34)8-17(13)29(22)23-26-14-5-2-12(21(35)36)9-18(14)30(23)24/h1-9H,(H,31,32)(H,33,34)(H,35,36). The van der Waals surface area contributed by atoms with Crippen LogP contribution in [-0.2, 0) is 0 Å². The average molecular weight is 480 g/mol. The Morgan fingerprint density at radius 1 is 0.500 bits per heavy atom. The molecule has 12 heteroatoms. The lowest BCUT2D eigenvalue weighted by Gasteiger charge is -2.05. The van der Waals surface area contributed by atoms with E-state index in [1.54, 1.807) is 31.4 Å². The predicted molar refractivity (Wildman–Crippen MR) is 126 cm³/mol. The number of carboxylic acids is 3. The van der Waals surface area contributed by atoms with Crippen molar-refractivity contribution in [1.29, 1.82) is 0 Å². The van der Waals surface area contributed by atoms with Crippen molar-refractivity contribution >= 4 is 68.3 Å². The second-order valence-corrected chi connectivity index (χ2v) is 8.27. The van der Waals surface area contributed by atoms with Crippen molar-refractivity contribution in [3.63, 3.8) is 0 Å². The molecule has 0 aliphatic rings. The second kappa shape index (κ2) is 6.54. The number of aromatic nitrogens is 6. The maximum absolute atomic E-state index is 11.7. The molecule has 3 aromatic carbocycles. The Morgan fingerprint density at radius 3 is 1.36 bits per heavy atom. The van der Waals surface area contributed by atoms with E-state index in [1.807, 2.05) is 0 Å². The Morgan fingerprint density at radius 2 is 0.889 bits per heavy atom. The van der Waals surface area contributed by atoms with Gasteiger partial charge in [0.15, 0.2) is 0 Å². The Labute approximate surface area is 197 Å². The van der Waals surface area contributed by atoms with Crippen LogP contribution in [0.25, 0.3) is 50.4 Å². The van der Waals surface area contributed by atoms with Gasteiger partial charge in [-0.3, -0.25) is 0 Å². The molecule has 7 aromatic rings. The van der Waals surface area contributed by atoms with Crippen molar-refractivity contribution < 1.29 is 29.7 Å². The van der Waals surface area contributed by atoms with Crippen LogP contribution in [0.5, 0.6) is 0 Å². The third-order valence-electron chi connectivity index (χ3n) is 6.25. The number of rotatable bonds is 3. The predicted octanol–water partition coefficient (Wildman–Crippen LogP) is 3.18. The summed E-state index contributed by atoms with van der Waals surface area (Å²) in [6, 6.07) is 13.6. The number of benzene rings is 3. The van der Waals surface area contributed by atoms with Crippen LogP contribution < -0.4 is 0 Å². The summed E-state index contributed by atoms with van der Waals surface area (Å²) in [6.45, 7) is 0. The molecular weight excluding hydrogens is 468 g/mol. The summed E-state index contributed by atoms with van der Waals surface area (Å²) in [4.78, 5) is 49.0. The molecule has 0 unspecified atom stereocenters. The van der Waals surface area contributed by atoms with Crippen molar-refractivity contribution in [3.05, 3.63) is 71.3 Å². The van der Waals surface area contributed by atoms with Gasteiger partial charge in [0.05, 0.1) is 49.8 Å². The number of carboxylic acid groups (broad SMARTS) is 3. The van der Waals surface area contributed by atoms with Gasteiger partial charge in [0.25, 0.3) is 0 Å². The SMILES string of the molecule is O=C(O)c1ccc2c(c1)nc1n2c2nc3ccc(C(=O)O)cc3n2c2nc3ccc(C(=O)O)cc3n12. The van der Waals surface area contributed by atoms with Crippen molar-refractivity contribution in [2.45, 2.75) is 0 Å². The molecule has 0 radical (unpaired) electrons. The molecule has 0 aliphatic heterocycles. The molecule has 36 heavy (non-hydrogen) atoms.